The van der Waals surface area contributed by atoms with Gasteiger partial charge in [-0.2, -0.15) is 0 Å². The summed E-state index contributed by atoms with van der Waals surface area (Å²) in [6, 6.07) is 30.9. The van der Waals surface area contributed by atoms with Crippen molar-refractivity contribution in [2.75, 3.05) is 27.7 Å². The fraction of sp³-hybridized carbons (Fsp3) is 0.207. The van der Waals surface area contributed by atoms with Crippen LogP contribution in [-0.2, 0) is 0 Å². The number of methoxy groups -OCH3 is 1. The van der Waals surface area contributed by atoms with Crippen LogP contribution >= 0.6 is 0 Å². The fourth-order valence-electron chi connectivity index (χ4n) is 4.16. The summed E-state index contributed by atoms with van der Waals surface area (Å²) >= 11 is 0. The summed E-state index contributed by atoms with van der Waals surface area (Å²) in [5, 5.41) is 5.56. The number of nitrogens with zero attached hydrogens (tertiary/aromatic N) is 1. The third-order valence-corrected chi connectivity index (χ3v) is 6.06. The molecule has 168 valence electrons. The van der Waals surface area contributed by atoms with E-state index in [0.717, 1.165) is 23.3 Å². The van der Waals surface area contributed by atoms with Crippen molar-refractivity contribution in [3.05, 3.63) is 102 Å². The van der Waals surface area contributed by atoms with Gasteiger partial charge in [0.15, 0.2) is 0 Å². The van der Waals surface area contributed by atoms with Crippen LogP contribution in [0.1, 0.15) is 28.4 Å². The van der Waals surface area contributed by atoms with Crippen molar-refractivity contribution in [2.24, 2.45) is 0 Å². The van der Waals surface area contributed by atoms with Crippen LogP contribution in [0.4, 0.5) is 0 Å². The van der Waals surface area contributed by atoms with Crippen molar-refractivity contribution in [3.63, 3.8) is 0 Å². The smallest absolute Gasteiger partial charge is 0.251 e. The highest BCUT2D eigenvalue weighted by molar-refractivity contribution is 5.94. The first-order chi connectivity index (χ1) is 16.0. The zero-order chi connectivity index (χ0) is 23.2. The first-order valence-corrected chi connectivity index (χ1v) is 11.2. The molecule has 4 aromatic rings. The van der Waals surface area contributed by atoms with E-state index >= 15 is 0 Å². The maximum absolute atomic E-state index is 12.7. The first kappa shape index (κ1) is 22.6. The fourth-order valence-corrected chi connectivity index (χ4v) is 4.16. The minimum Gasteiger partial charge on any atom is -0.497 e. The van der Waals surface area contributed by atoms with Gasteiger partial charge in [-0.3, -0.25) is 4.79 Å². The highest BCUT2D eigenvalue weighted by atomic mass is 16.5. The van der Waals surface area contributed by atoms with Crippen molar-refractivity contribution in [1.29, 1.82) is 0 Å². The van der Waals surface area contributed by atoms with E-state index in [2.05, 4.69) is 66.8 Å². The highest BCUT2D eigenvalue weighted by Gasteiger charge is 2.15. The summed E-state index contributed by atoms with van der Waals surface area (Å²) < 4.78 is 5.22. The quantitative estimate of drug-likeness (QED) is 0.370. The average molecular weight is 439 g/mol. The van der Waals surface area contributed by atoms with Gasteiger partial charge in [-0.05, 0) is 78.3 Å². The van der Waals surface area contributed by atoms with Gasteiger partial charge >= 0.3 is 0 Å². The van der Waals surface area contributed by atoms with Crippen LogP contribution in [0.5, 0.6) is 5.75 Å². The molecule has 4 aromatic carbocycles. The van der Waals surface area contributed by atoms with Crippen molar-refractivity contribution in [3.8, 4) is 16.9 Å². The van der Waals surface area contributed by atoms with Crippen molar-refractivity contribution >= 4 is 16.7 Å². The van der Waals surface area contributed by atoms with E-state index in [9.17, 15) is 4.79 Å². The molecule has 4 rings (SSSR count). The number of nitrogens with one attached hydrogen (secondary N) is 1. The number of carbonyl (C=O) groups excluding carboxylic acids is 1. The minimum atomic E-state index is -0.0488. The Morgan fingerprint density at radius 2 is 1.48 bits per heavy atom. The predicted octanol–water partition coefficient (Wildman–Crippen LogP) is 5.94. The Labute approximate surface area is 195 Å². The summed E-state index contributed by atoms with van der Waals surface area (Å²) in [6.07, 6.45) is 0.834. The lowest BCUT2D eigenvalue weighted by atomic mass is 9.99. The maximum atomic E-state index is 12.7. The molecule has 1 atom stereocenters. The summed E-state index contributed by atoms with van der Waals surface area (Å²) in [7, 11) is 5.82. The lowest BCUT2D eigenvalue weighted by molar-refractivity contribution is 0.0949. The van der Waals surface area contributed by atoms with E-state index in [-0.39, 0.29) is 11.9 Å². The molecule has 1 N–H and O–H groups in total. The van der Waals surface area contributed by atoms with Gasteiger partial charge < -0.3 is 15.0 Å². The molecule has 1 unspecified atom stereocenters. The van der Waals surface area contributed by atoms with Gasteiger partial charge in [0.05, 0.1) is 7.11 Å². The minimum absolute atomic E-state index is 0.0488. The Morgan fingerprint density at radius 1 is 0.848 bits per heavy atom. The molecule has 4 nitrogen and oxygen atoms in total. The Kier molecular flexibility index (Phi) is 7.06. The molecule has 0 aliphatic heterocycles. The number of ether oxygens (including phenoxy) is 1. The molecular formula is C29H30N2O2. The van der Waals surface area contributed by atoms with Crippen molar-refractivity contribution < 1.29 is 9.53 Å². The van der Waals surface area contributed by atoms with E-state index in [0.29, 0.717) is 12.1 Å². The van der Waals surface area contributed by atoms with Gasteiger partial charge in [0.25, 0.3) is 5.91 Å². The standard InChI is InChI=1S/C29H30N2O2/c1-31(2)28(26-13-10-21-6-4-5-7-25(21)20-26)18-19-30-29(32)24-11-8-22(9-12-24)23-14-16-27(33-3)17-15-23/h4-17,20,28H,18-19H2,1-3H3,(H,30,32). The zero-order valence-electron chi connectivity index (χ0n) is 19.4. The number of hydrogen-bond acceptors (Lipinski definition) is 3. The largest absolute Gasteiger partial charge is 0.497 e. The van der Waals surface area contributed by atoms with Gasteiger partial charge in [-0.1, -0.05) is 60.7 Å². The van der Waals surface area contributed by atoms with Crippen molar-refractivity contribution in [1.82, 2.24) is 10.2 Å². The molecule has 33 heavy (non-hydrogen) atoms. The van der Waals surface area contributed by atoms with Crippen LogP contribution in [-0.4, -0.2) is 38.6 Å². The molecule has 0 heterocycles. The second kappa shape index (κ2) is 10.3. The van der Waals surface area contributed by atoms with Gasteiger partial charge in [0, 0.05) is 18.2 Å². The van der Waals surface area contributed by atoms with E-state index in [4.69, 9.17) is 4.74 Å². The van der Waals surface area contributed by atoms with E-state index in [1.807, 2.05) is 48.5 Å². The zero-order valence-corrected chi connectivity index (χ0v) is 19.4. The highest BCUT2D eigenvalue weighted by Crippen LogP contribution is 2.26. The molecular weight excluding hydrogens is 408 g/mol. The SMILES string of the molecule is COc1ccc(-c2ccc(C(=O)NCCC(c3ccc4ccccc4c3)N(C)C)cc2)cc1. The van der Waals surface area contributed by atoms with E-state index in [1.165, 1.54) is 16.3 Å². The molecule has 0 aromatic heterocycles. The van der Waals surface area contributed by atoms with Gasteiger partial charge in [-0.25, -0.2) is 0 Å². The lowest BCUT2D eigenvalue weighted by Gasteiger charge is -2.25. The molecule has 0 saturated carbocycles. The third kappa shape index (κ3) is 5.41. The Morgan fingerprint density at radius 3 is 2.12 bits per heavy atom. The Hall–Kier alpha value is -3.63. The summed E-state index contributed by atoms with van der Waals surface area (Å²) in [4.78, 5) is 14.9. The normalized spacial score (nSPS) is 12.0. The molecule has 0 bridgehead atoms. The van der Waals surface area contributed by atoms with E-state index < -0.39 is 0 Å². The van der Waals surface area contributed by atoms with Crippen LogP contribution in [0, 0.1) is 0 Å². The second-order valence-corrected chi connectivity index (χ2v) is 8.44. The molecule has 0 fully saturated rings. The van der Waals surface area contributed by atoms with Crippen LogP contribution in [0.15, 0.2) is 91.0 Å². The number of rotatable bonds is 8. The molecule has 0 spiro atoms. The molecule has 0 saturated heterocycles. The summed E-state index contributed by atoms with van der Waals surface area (Å²) in [5.41, 5.74) is 4.08. The third-order valence-electron chi connectivity index (χ3n) is 6.06. The van der Waals surface area contributed by atoms with Crippen LogP contribution in [0.2, 0.25) is 0 Å². The van der Waals surface area contributed by atoms with Crippen LogP contribution < -0.4 is 10.1 Å². The Bertz CT molecular complexity index is 1210. The number of benzene rings is 4. The number of fused-ring (bicyclic) bond motifs is 1. The average Bonchev–Trinajstić information content (AvgIpc) is 2.86. The first-order valence-electron chi connectivity index (χ1n) is 11.2. The summed E-state index contributed by atoms with van der Waals surface area (Å²) in [6.45, 7) is 0.606. The maximum Gasteiger partial charge on any atom is 0.251 e. The van der Waals surface area contributed by atoms with Crippen molar-refractivity contribution in [2.45, 2.75) is 12.5 Å². The number of hydrogen-bond donors (Lipinski definition) is 1. The molecule has 1 amide bonds. The lowest BCUT2D eigenvalue weighted by Crippen LogP contribution is -2.29. The molecule has 0 aliphatic rings. The molecule has 0 aliphatic carbocycles. The monoisotopic (exact) mass is 438 g/mol. The topological polar surface area (TPSA) is 41.6 Å². The van der Waals surface area contributed by atoms with Crippen LogP contribution in [0.25, 0.3) is 21.9 Å². The van der Waals surface area contributed by atoms with Gasteiger partial charge in [0.2, 0.25) is 0 Å². The molecule has 0 radical (unpaired) electrons. The summed E-state index contributed by atoms with van der Waals surface area (Å²) in [5.74, 6) is 0.779. The second-order valence-electron chi connectivity index (χ2n) is 8.44. The predicted molar refractivity (Wildman–Crippen MR) is 136 cm³/mol. The van der Waals surface area contributed by atoms with Crippen LogP contribution in [0.3, 0.4) is 0 Å². The number of carbonyl (C=O) groups is 1. The number of amides is 1. The van der Waals surface area contributed by atoms with Gasteiger partial charge in [-0.15, -0.1) is 0 Å². The Balaban J connectivity index is 1.37. The molecule has 4 heteroatoms. The van der Waals surface area contributed by atoms with E-state index in [1.54, 1.807) is 7.11 Å². The van der Waals surface area contributed by atoms with Gasteiger partial charge in [0.1, 0.15) is 5.75 Å².